The van der Waals surface area contributed by atoms with E-state index in [2.05, 4.69) is 55.0 Å². The fourth-order valence-corrected chi connectivity index (χ4v) is 3.30. The van der Waals surface area contributed by atoms with Gasteiger partial charge in [-0.05, 0) is 17.9 Å². The Hall–Kier alpha value is -2.61. The van der Waals surface area contributed by atoms with Gasteiger partial charge >= 0.3 is 6.03 Å². The Morgan fingerprint density at radius 1 is 1.30 bits per heavy atom. The molecule has 7 nitrogen and oxygen atoms in total. The summed E-state index contributed by atoms with van der Waals surface area (Å²) in [6.45, 7) is 12.4. The van der Waals surface area contributed by atoms with Gasteiger partial charge in [-0.3, -0.25) is 14.7 Å². The van der Waals surface area contributed by atoms with Gasteiger partial charge in [0.25, 0.3) is 0 Å². The van der Waals surface area contributed by atoms with Crippen molar-refractivity contribution in [3.05, 3.63) is 42.5 Å². The highest BCUT2D eigenvalue weighted by Gasteiger charge is 2.21. The molecule has 0 aliphatic rings. The molecule has 1 atom stereocenters. The summed E-state index contributed by atoms with van der Waals surface area (Å²) in [4.78, 5) is 22.8. The van der Waals surface area contributed by atoms with Gasteiger partial charge in [-0.1, -0.05) is 62.9 Å². The van der Waals surface area contributed by atoms with Crippen LogP contribution in [0.1, 0.15) is 33.3 Å². The summed E-state index contributed by atoms with van der Waals surface area (Å²) in [7, 11) is 0. The summed E-state index contributed by atoms with van der Waals surface area (Å²) < 4.78 is 1.89. The van der Waals surface area contributed by atoms with Crippen LogP contribution in [0.5, 0.6) is 0 Å². The molecule has 1 aromatic heterocycles. The third-order valence-corrected chi connectivity index (χ3v) is 5.02. The van der Waals surface area contributed by atoms with Crippen LogP contribution in [0.3, 0.4) is 0 Å². The van der Waals surface area contributed by atoms with Crippen LogP contribution in [-0.2, 0) is 16.8 Å². The topological polar surface area (TPSA) is 103 Å². The zero-order chi connectivity index (χ0) is 20.2. The Balaban J connectivity index is 2.30. The lowest BCUT2D eigenvalue weighted by Crippen LogP contribution is -2.39. The fourth-order valence-electron chi connectivity index (χ4n) is 2.44. The fraction of sp³-hybridized carbons (Fsp3) is 0.368. The number of hydrogen-bond acceptors (Lipinski definition) is 5. The van der Waals surface area contributed by atoms with Gasteiger partial charge in [-0.25, -0.2) is 4.79 Å². The van der Waals surface area contributed by atoms with E-state index in [-0.39, 0.29) is 5.41 Å². The molecular weight excluding hydrogens is 362 g/mol. The molecule has 0 radical (unpaired) electrons. The third kappa shape index (κ3) is 5.19. The lowest BCUT2D eigenvalue weighted by atomic mass is 9.87. The first-order chi connectivity index (χ1) is 12.6. The molecule has 1 heterocycles. The summed E-state index contributed by atoms with van der Waals surface area (Å²) in [5.74, 6) is 0.220. The number of hydrogen-bond donors (Lipinski definition) is 2. The van der Waals surface area contributed by atoms with Crippen LogP contribution in [0.2, 0.25) is 0 Å². The molecule has 0 fully saturated rings. The largest absolute Gasteiger partial charge is 0.351 e. The number of nitrogens with two attached hydrogens (primary N) is 1. The van der Waals surface area contributed by atoms with Gasteiger partial charge in [0, 0.05) is 12.1 Å². The number of benzene rings is 1. The first-order valence-corrected chi connectivity index (χ1v) is 9.43. The number of carbonyl (C=O) groups excluding carboxylic acids is 2. The van der Waals surface area contributed by atoms with Crippen molar-refractivity contribution < 1.29 is 9.59 Å². The average molecular weight is 388 g/mol. The Kier molecular flexibility index (Phi) is 6.43. The van der Waals surface area contributed by atoms with E-state index in [1.807, 2.05) is 16.7 Å². The van der Waals surface area contributed by atoms with Gasteiger partial charge < -0.3 is 5.73 Å². The number of nitrogens with zero attached hydrogens (tertiary/aromatic N) is 3. The maximum Gasteiger partial charge on any atom is 0.318 e. The number of thioether (sulfide) groups is 1. The van der Waals surface area contributed by atoms with Crippen molar-refractivity contribution in [3.63, 3.8) is 0 Å². The van der Waals surface area contributed by atoms with Crippen molar-refractivity contribution in [1.82, 2.24) is 20.1 Å². The van der Waals surface area contributed by atoms with E-state index >= 15 is 0 Å². The predicted molar refractivity (Wildman–Crippen MR) is 107 cm³/mol. The van der Waals surface area contributed by atoms with Crippen molar-refractivity contribution in [1.29, 1.82) is 0 Å². The maximum absolute atomic E-state index is 11.9. The van der Waals surface area contributed by atoms with E-state index in [1.165, 1.54) is 17.3 Å². The summed E-state index contributed by atoms with van der Waals surface area (Å²) in [5, 5.41) is 10.6. The first-order valence-electron chi connectivity index (χ1n) is 8.55. The van der Waals surface area contributed by atoms with Crippen LogP contribution in [0.25, 0.3) is 11.4 Å². The second-order valence-corrected chi connectivity index (χ2v) is 8.45. The molecule has 0 bridgehead atoms. The second-order valence-electron chi connectivity index (χ2n) is 7.15. The first kappa shape index (κ1) is 20.7. The van der Waals surface area contributed by atoms with Gasteiger partial charge in [0.05, 0.1) is 5.25 Å². The normalized spacial score (nSPS) is 12.4. The average Bonchev–Trinajstić information content (AvgIpc) is 2.96. The highest BCUT2D eigenvalue weighted by molar-refractivity contribution is 8.00. The molecule has 0 saturated carbocycles. The molecule has 27 heavy (non-hydrogen) atoms. The van der Waals surface area contributed by atoms with Crippen LogP contribution in [0, 0.1) is 0 Å². The number of nitrogens with one attached hydrogen (secondary N) is 1. The van der Waals surface area contributed by atoms with Crippen molar-refractivity contribution in [2.75, 3.05) is 0 Å². The van der Waals surface area contributed by atoms with E-state index in [0.29, 0.717) is 17.5 Å². The predicted octanol–water partition coefficient (Wildman–Crippen LogP) is 3.10. The summed E-state index contributed by atoms with van der Waals surface area (Å²) in [6, 6.07) is 7.32. The third-order valence-electron chi connectivity index (χ3n) is 3.94. The molecule has 1 aromatic carbocycles. The smallest absolute Gasteiger partial charge is 0.318 e. The van der Waals surface area contributed by atoms with E-state index in [1.54, 1.807) is 13.0 Å². The number of rotatable bonds is 6. The minimum atomic E-state index is -0.875. The number of imide groups is 1. The zero-order valence-corrected chi connectivity index (χ0v) is 16.8. The molecule has 3 N–H and O–H groups in total. The Morgan fingerprint density at radius 2 is 1.93 bits per heavy atom. The van der Waals surface area contributed by atoms with Crippen molar-refractivity contribution >= 4 is 23.7 Å². The minimum Gasteiger partial charge on any atom is -0.351 e. The summed E-state index contributed by atoms with van der Waals surface area (Å²) in [5.41, 5.74) is 7.22. The van der Waals surface area contributed by atoms with Crippen LogP contribution in [0.4, 0.5) is 4.79 Å². The van der Waals surface area contributed by atoms with Crippen molar-refractivity contribution in [2.24, 2.45) is 5.73 Å². The van der Waals surface area contributed by atoms with E-state index < -0.39 is 17.2 Å². The molecule has 144 valence electrons. The van der Waals surface area contributed by atoms with E-state index in [0.717, 1.165) is 5.56 Å². The number of allylic oxidation sites excluding steroid dienone is 1. The molecule has 0 unspecified atom stereocenters. The van der Waals surface area contributed by atoms with E-state index in [9.17, 15) is 9.59 Å². The number of carbonyl (C=O) groups is 2. The molecule has 0 saturated heterocycles. The monoisotopic (exact) mass is 387 g/mol. The molecule has 8 heteroatoms. The highest BCUT2D eigenvalue weighted by atomic mass is 32.2. The van der Waals surface area contributed by atoms with E-state index in [4.69, 9.17) is 5.73 Å². The number of urea groups is 1. The van der Waals surface area contributed by atoms with Crippen LogP contribution in [-0.4, -0.2) is 32.0 Å². The van der Waals surface area contributed by atoms with Crippen molar-refractivity contribution in [2.45, 2.75) is 50.1 Å². The van der Waals surface area contributed by atoms with Gasteiger partial charge in [0.2, 0.25) is 5.91 Å². The molecule has 0 aliphatic heterocycles. The molecule has 2 aromatic rings. The number of amides is 3. The minimum absolute atomic E-state index is 0.0670. The van der Waals surface area contributed by atoms with Crippen molar-refractivity contribution in [3.8, 4) is 11.4 Å². The summed E-state index contributed by atoms with van der Waals surface area (Å²) in [6.07, 6.45) is 1.74. The Labute approximate surface area is 163 Å². The molecule has 2 rings (SSSR count). The van der Waals surface area contributed by atoms with Gasteiger partial charge in [-0.15, -0.1) is 16.8 Å². The van der Waals surface area contributed by atoms with Crippen LogP contribution in [0.15, 0.2) is 42.1 Å². The molecule has 3 amide bonds. The van der Waals surface area contributed by atoms with Gasteiger partial charge in [0.1, 0.15) is 0 Å². The number of primary amides is 1. The quantitative estimate of drug-likeness (QED) is 0.586. The SMILES string of the molecule is C=CCn1c(S[C@@H](C)C(=O)NC(N)=O)nnc1-c1ccc(C(C)(C)C)cc1. The standard InChI is InChI=1S/C19H25N5O2S/c1-6-11-24-15(13-7-9-14(10-8-13)19(3,4)5)22-23-18(24)27-12(2)16(25)21-17(20)26/h6-10,12H,1,11H2,2-5H3,(H3,20,21,25,26)/t12-/m0/s1. The highest BCUT2D eigenvalue weighted by Crippen LogP contribution is 2.29. The number of aromatic nitrogens is 3. The van der Waals surface area contributed by atoms with Crippen LogP contribution < -0.4 is 11.1 Å². The lowest BCUT2D eigenvalue weighted by molar-refractivity contribution is -0.119. The molecular formula is C19H25N5O2S. The zero-order valence-electron chi connectivity index (χ0n) is 16.0. The van der Waals surface area contributed by atoms with Gasteiger partial charge in [0.15, 0.2) is 11.0 Å². The Morgan fingerprint density at radius 3 is 2.44 bits per heavy atom. The maximum atomic E-state index is 11.9. The van der Waals surface area contributed by atoms with Crippen LogP contribution >= 0.6 is 11.8 Å². The molecule has 0 aliphatic carbocycles. The lowest BCUT2D eigenvalue weighted by Gasteiger charge is -2.19. The van der Waals surface area contributed by atoms with Gasteiger partial charge in [-0.2, -0.15) is 0 Å². The Bertz CT molecular complexity index is 837. The summed E-state index contributed by atoms with van der Waals surface area (Å²) >= 11 is 1.20. The second kappa shape index (κ2) is 8.39. The molecule has 0 spiro atoms.